The van der Waals surface area contributed by atoms with E-state index < -0.39 is 0 Å². The SMILES string of the molecule is CCc1ccc(CCOc2ccc(C3C(Br)C(=O)N3c3cc(C)cc(Cl)c3)cc2)nc1. The molecule has 0 radical (unpaired) electrons. The summed E-state index contributed by atoms with van der Waals surface area (Å²) >= 11 is 9.75. The van der Waals surface area contributed by atoms with E-state index in [-0.39, 0.29) is 16.8 Å². The van der Waals surface area contributed by atoms with Crippen LogP contribution in [0.2, 0.25) is 5.02 Å². The number of halogens is 2. The molecule has 6 heteroatoms. The van der Waals surface area contributed by atoms with Crippen LogP contribution in [0.15, 0.2) is 60.8 Å². The third-order valence-corrected chi connectivity index (χ3v) is 6.59. The molecule has 4 rings (SSSR count). The minimum absolute atomic E-state index is 0.0357. The number of hydrogen-bond donors (Lipinski definition) is 0. The van der Waals surface area contributed by atoms with Crippen LogP contribution in [0.5, 0.6) is 5.75 Å². The van der Waals surface area contributed by atoms with Crippen molar-refractivity contribution in [1.29, 1.82) is 0 Å². The van der Waals surface area contributed by atoms with Gasteiger partial charge in [0.1, 0.15) is 10.6 Å². The first-order valence-electron chi connectivity index (χ1n) is 10.4. The van der Waals surface area contributed by atoms with Gasteiger partial charge in [0.05, 0.1) is 12.6 Å². The van der Waals surface area contributed by atoms with Gasteiger partial charge in [0.15, 0.2) is 0 Å². The Kier molecular flexibility index (Phi) is 6.63. The number of ether oxygens (including phenoxy) is 1. The van der Waals surface area contributed by atoms with Crippen LogP contribution in [0.3, 0.4) is 0 Å². The van der Waals surface area contributed by atoms with Gasteiger partial charge in [-0.2, -0.15) is 0 Å². The van der Waals surface area contributed by atoms with Gasteiger partial charge in [-0.15, -0.1) is 0 Å². The summed E-state index contributed by atoms with van der Waals surface area (Å²) in [4.78, 5) is 18.6. The average Bonchev–Trinajstić information content (AvgIpc) is 2.77. The number of carbonyl (C=O) groups excluding carboxylic acids is 1. The number of nitrogens with zero attached hydrogens (tertiary/aromatic N) is 2. The molecule has 1 saturated heterocycles. The third kappa shape index (κ3) is 4.78. The number of anilines is 1. The van der Waals surface area contributed by atoms with Crippen LogP contribution in [-0.4, -0.2) is 22.3 Å². The van der Waals surface area contributed by atoms with E-state index in [9.17, 15) is 4.79 Å². The molecule has 1 fully saturated rings. The molecule has 160 valence electrons. The van der Waals surface area contributed by atoms with E-state index >= 15 is 0 Å². The van der Waals surface area contributed by atoms with E-state index in [4.69, 9.17) is 16.3 Å². The number of hydrogen-bond acceptors (Lipinski definition) is 3. The van der Waals surface area contributed by atoms with Crippen molar-refractivity contribution in [2.24, 2.45) is 0 Å². The fourth-order valence-electron chi connectivity index (χ4n) is 3.76. The predicted molar refractivity (Wildman–Crippen MR) is 128 cm³/mol. The standard InChI is InChI=1S/C25H24BrClN2O2/c1-3-17-4-7-20(28-15-17)10-11-31-22-8-5-18(6-9-22)24-23(26)25(30)29(24)21-13-16(2)12-19(27)14-21/h4-9,12-15,23-24H,3,10-11H2,1-2H3. The van der Waals surface area contributed by atoms with Crippen molar-refractivity contribution in [3.05, 3.63) is 88.2 Å². The van der Waals surface area contributed by atoms with Crippen LogP contribution in [-0.2, 0) is 17.6 Å². The van der Waals surface area contributed by atoms with Crippen molar-refractivity contribution in [3.8, 4) is 5.75 Å². The average molecular weight is 500 g/mol. The number of amides is 1. The van der Waals surface area contributed by atoms with Crippen LogP contribution in [0.1, 0.15) is 35.3 Å². The maximum atomic E-state index is 12.6. The number of aromatic nitrogens is 1. The lowest BCUT2D eigenvalue weighted by molar-refractivity contribution is -0.123. The van der Waals surface area contributed by atoms with Gasteiger partial charge in [0.2, 0.25) is 5.91 Å². The van der Waals surface area contributed by atoms with E-state index in [2.05, 4.69) is 40.0 Å². The number of alkyl halides is 1. The van der Waals surface area contributed by atoms with Gasteiger partial charge in [-0.05, 0) is 66.4 Å². The van der Waals surface area contributed by atoms with Gasteiger partial charge in [-0.25, -0.2) is 0 Å². The first-order chi connectivity index (χ1) is 15.0. The first kappa shape index (κ1) is 21.8. The van der Waals surface area contributed by atoms with Crippen molar-refractivity contribution in [3.63, 3.8) is 0 Å². The van der Waals surface area contributed by atoms with E-state index in [0.717, 1.165) is 41.1 Å². The van der Waals surface area contributed by atoms with Crippen LogP contribution in [0.25, 0.3) is 0 Å². The molecule has 0 N–H and O–H groups in total. The molecule has 2 atom stereocenters. The van der Waals surface area contributed by atoms with Gasteiger partial charge in [0.25, 0.3) is 0 Å². The highest BCUT2D eigenvalue weighted by atomic mass is 79.9. The Balaban J connectivity index is 1.41. The third-order valence-electron chi connectivity index (χ3n) is 5.48. The minimum atomic E-state index is -0.254. The van der Waals surface area contributed by atoms with Gasteiger partial charge in [0, 0.05) is 29.0 Å². The topological polar surface area (TPSA) is 42.4 Å². The first-order valence-corrected chi connectivity index (χ1v) is 11.7. The molecule has 0 spiro atoms. The Labute approximate surface area is 196 Å². The Morgan fingerprint density at radius 1 is 1.13 bits per heavy atom. The molecule has 2 heterocycles. The zero-order chi connectivity index (χ0) is 22.0. The number of β-lactam (4-membered cyclic amide) rings is 1. The van der Waals surface area contributed by atoms with E-state index in [1.807, 2.05) is 55.6 Å². The number of aryl methyl sites for hydroxylation is 2. The van der Waals surface area contributed by atoms with Crippen molar-refractivity contribution < 1.29 is 9.53 Å². The molecule has 1 aliphatic rings. The molecule has 1 aliphatic heterocycles. The minimum Gasteiger partial charge on any atom is -0.493 e. The second-order valence-corrected chi connectivity index (χ2v) is 9.14. The summed E-state index contributed by atoms with van der Waals surface area (Å²) in [6, 6.07) is 17.7. The lowest BCUT2D eigenvalue weighted by atomic mass is 9.92. The molecule has 2 aromatic carbocycles. The van der Waals surface area contributed by atoms with Gasteiger partial charge in [-0.1, -0.05) is 52.7 Å². The van der Waals surface area contributed by atoms with E-state index in [0.29, 0.717) is 11.6 Å². The van der Waals surface area contributed by atoms with E-state index in [1.165, 1.54) is 5.56 Å². The molecule has 2 unspecified atom stereocenters. The fourth-order valence-corrected chi connectivity index (χ4v) is 4.81. The lowest BCUT2D eigenvalue weighted by Gasteiger charge is -2.45. The molecule has 0 bridgehead atoms. The summed E-state index contributed by atoms with van der Waals surface area (Å²) in [7, 11) is 0. The number of rotatable bonds is 7. The number of benzene rings is 2. The monoisotopic (exact) mass is 498 g/mol. The van der Waals surface area contributed by atoms with Crippen LogP contribution in [0.4, 0.5) is 5.69 Å². The molecular weight excluding hydrogens is 476 g/mol. The second kappa shape index (κ2) is 9.41. The fraction of sp³-hybridized carbons (Fsp3) is 0.280. The summed E-state index contributed by atoms with van der Waals surface area (Å²) in [6.45, 7) is 4.66. The van der Waals surface area contributed by atoms with Crippen LogP contribution >= 0.6 is 27.5 Å². The maximum Gasteiger partial charge on any atom is 0.243 e. The molecule has 0 saturated carbocycles. The van der Waals surface area contributed by atoms with Gasteiger partial charge in [-0.3, -0.25) is 9.78 Å². The Morgan fingerprint density at radius 3 is 2.55 bits per heavy atom. The number of carbonyl (C=O) groups is 1. The molecule has 3 aromatic rings. The molecule has 1 aromatic heterocycles. The normalized spacial score (nSPS) is 18.1. The van der Waals surface area contributed by atoms with Crippen molar-refractivity contribution in [2.45, 2.75) is 37.6 Å². The zero-order valence-corrected chi connectivity index (χ0v) is 19.9. The second-order valence-electron chi connectivity index (χ2n) is 7.72. The summed E-state index contributed by atoms with van der Waals surface area (Å²) in [5, 5.41) is 0.627. The molecule has 1 amide bonds. The quantitative estimate of drug-likeness (QED) is 0.292. The number of pyridine rings is 1. The highest BCUT2D eigenvalue weighted by Crippen LogP contribution is 2.44. The van der Waals surface area contributed by atoms with Crippen molar-refractivity contribution in [2.75, 3.05) is 11.5 Å². The molecule has 31 heavy (non-hydrogen) atoms. The summed E-state index contributed by atoms with van der Waals surface area (Å²) in [6.07, 6.45) is 3.68. The smallest absolute Gasteiger partial charge is 0.243 e. The largest absolute Gasteiger partial charge is 0.493 e. The highest BCUT2D eigenvalue weighted by molar-refractivity contribution is 9.10. The summed E-state index contributed by atoms with van der Waals surface area (Å²) in [5.74, 6) is 0.837. The van der Waals surface area contributed by atoms with Gasteiger partial charge >= 0.3 is 0 Å². The van der Waals surface area contributed by atoms with Crippen molar-refractivity contribution in [1.82, 2.24) is 4.98 Å². The Bertz CT molecular complexity index is 1050. The summed E-state index contributed by atoms with van der Waals surface area (Å²) < 4.78 is 5.89. The Morgan fingerprint density at radius 2 is 1.90 bits per heavy atom. The molecule has 4 nitrogen and oxygen atoms in total. The van der Waals surface area contributed by atoms with E-state index in [1.54, 1.807) is 4.90 Å². The molecule has 0 aliphatic carbocycles. The maximum absolute atomic E-state index is 12.6. The highest BCUT2D eigenvalue weighted by Gasteiger charge is 2.47. The summed E-state index contributed by atoms with van der Waals surface area (Å²) in [5.41, 5.74) is 5.15. The van der Waals surface area contributed by atoms with Gasteiger partial charge < -0.3 is 9.64 Å². The zero-order valence-electron chi connectivity index (χ0n) is 17.5. The van der Waals surface area contributed by atoms with Crippen molar-refractivity contribution >= 4 is 39.1 Å². The lowest BCUT2D eigenvalue weighted by Crippen LogP contribution is -2.56. The molecular formula is C25H24BrClN2O2. The van der Waals surface area contributed by atoms with Crippen LogP contribution in [0, 0.1) is 6.92 Å². The Hall–Kier alpha value is -2.37. The van der Waals surface area contributed by atoms with Crippen LogP contribution < -0.4 is 9.64 Å². The predicted octanol–water partition coefficient (Wildman–Crippen LogP) is 6.08.